The Morgan fingerprint density at radius 2 is 2.33 bits per heavy atom. The van der Waals surface area contributed by atoms with Crippen LogP contribution in [0, 0.1) is 17.1 Å². The van der Waals surface area contributed by atoms with Gasteiger partial charge < -0.3 is 4.74 Å². The van der Waals surface area contributed by atoms with Gasteiger partial charge in [-0.15, -0.1) is 0 Å². The first-order valence-electron chi connectivity index (χ1n) is 4.51. The lowest BCUT2D eigenvalue weighted by molar-refractivity contribution is 0.112. The monoisotopic (exact) mass is 207 g/mol. The molecule has 1 aromatic carbocycles. The molecule has 3 nitrogen and oxygen atoms in total. The largest absolute Gasteiger partial charge is 0.475 e. The first kappa shape index (κ1) is 11.2. The van der Waals surface area contributed by atoms with Crippen LogP contribution in [0.1, 0.15) is 23.7 Å². The Labute approximate surface area is 87.1 Å². The minimum atomic E-state index is -0.619. The van der Waals surface area contributed by atoms with Crippen molar-refractivity contribution in [3.63, 3.8) is 0 Å². The van der Waals surface area contributed by atoms with Gasteiger partial charge in [-0.1, -0.05) is 6.92 Å². The van der Waals surface area contributed by atoms with E-state index in [2.05, 4.69) is 0 Å². The van der Waals surface area contributed by atoms with Gasteiger partial charge in [0.25, 0.3) is 0 Å². The van der Waals surface area contributed by atoms with Crippen molar-refractivity contribution in [3.05, 3.63) is 29.6 Å². The summed E-state index contributed by atoms with van der Waals surface area (Å²) in [5, 5.41) is 8.64. The summed E-state index contributed by atoms with van der Waals surface area (Å²) in [4.78, 5) is 10.4. The van der Waals surface area contributed by atoms with Crippen LogP contribution in [0.15, 0.2) is 18.2 Å². The van der Waals surface area contributed by atoms with Gasteiger partial charge in [-0.25, -0.2) is 4.39 Å². The highest BCUT2D eigenvalue weighted by Crippen LogP contribution is 2.17. The molecular formula is C11H10FNO2. The van der Waals surface area contributed by atoms with Crippen molar-refractivity contribution in [2.24, 2.45) is 0 Å². The quantitative estimate of drug-likeness (QED) is 0.712. The Bertz CT molecular complexity index is 398. The molecule has 0 aliphatic rings. The lowest BCUT2D eigenvalue weighted by Crippen LogP contribution is -2.12. The third-order valence-electron chi connectivity index (χ3n) is 1.82. The molecule has 0 radical (unpaired) electrons. The molecule has 0 saturated carbocycles. The Kier molecular flexibility index (Phi) is 3.81. The molecule has 0 heterocycles. The van der Waals surface area contributed by atoms with Gasteiger partial charge in [0.15, 0.2) is 6.10 Å². The highest BCUT2D eigenvalue weighted by molar-refractivity contribution is 5.75. The van der Waals surface area contributed by atoms with E-state index in [-0.39, 0.29) is 11.3 Å². The normalized spacial score (nSPS) is 11.5. The number of carbonyl (C=O) groups excluding carboxylic acids is 1. The molecule has 0 bridgehead atoms. The number of halogens is 1. The number of hydrogen-bond acceptors (Lipinski definition) is 3. The number of nitriles is 1. The van der Waals surface area contributed by atoms with Crippen LogP contribution in [0.4, 0.5) is 4.39 Å². The molecule has 0 fully saturated rings. The molecule has 0 N–H and O–H groups in total. The van der Waals surface area contributed by atoms with Crippen LogP contribution in [0.2, 0.25) is 0 Å². The van der Waals surface area contributed by atoms with Gasteiger partial charge in [0.2, 0.25) is 0 Å². The van der Waals surface area contributed by atoms with Gasteiger partial charge in [-0.05, 0) is 18.6 Å². The summed E-state index contributed by atoms with van der Waals surface area (Å²) in [6.45, 7) is 1.79. The molecule has 1 rings (SSSR count). The van der Waals surface area contributed by atoms with Crippen LogP contribution in [0.5, 0.6) is 5.75 Å². The summed E-state index contributed by atoms with van der Waals surface area (Å²) in [5.41, 5.74) is 0.192. The fraction of sp³-hybridized carbons (Fsp3) is 0.273. The lowest BCUT2D eigenvalue weighted by Gasteiger charge is -2.10. The summed E-state index contributed by atoms with van der Waals surface area (Å²) >= 11 is 0. The third kappa shape index (κ3) is 3.06. The minimum Gasteiger partial charge on any atom is -0.475 e. The Balaban J connectivity index is 2.90. The summed E-state index contributed by atoms with van der Waals surface area (Å²) in [6, 6.07) is 5.57. The van der Waals surface area contributed by atoms with Crippen molar-refractivity contribution in [1.82, 2.24) is 0 Å². The molecular weight excluding hydrogens is 197 g/mol. The molecule has 1 unspecified atom stereocenters. The smallest absolute Gasteiger partial charge is 0.184 e. The van der Waals surface area contributed by atoms with Crippen molar-refractivity contribution < 1.29 is 13.9 Å². The summed E-state index contributed by atoms with van der Waals surface area (Å²) in [7, 11) is 0. The molecule has 1 aromatic rings. The van der Waals surface area contributed by atoms with E-state index in [4.69, 9.17) is 10.00 Å². The maximum absolute atomic E-state index is 13.0. The number of rotatable bonds is 4. The van der Waals surface area contributed by atoms with Crippen LogP contribution >= 0.6 is 0 Å². The Hall–Kier alpha value is -1.89. The van der Waals surface area contributed by atoms with E-state index in [0.29, 0.717) is 12.7 Å². The van der Waals surface area contributed by atoms with Crippen molar-refractivity contribution in [1.29, 1.82) is 5.26 Å². The predicted octanol–water partition coefficient (Wildman–Crippen LogP) is 2.32. The molecule has 0 aromatic heterocycles. The first-order chi connectivity index (χ1) is 7.19. The molecule has 0 aliphatic heterocycles. The van der Waals surface area contributed by atoms with Crippen molar-refractivity contribution in [3.8, 4) is 11.8 Å². The van der Waals surface area contributed by atoms with Crippen LogP contribution in [-0.4, -0.2) is 12.4 Å². The molecule has 4 heteroatoms. The third-order valence-corrected chi connectivity index (χ3v) is 1.82. The number of ether oxygens (including phenoxy) is 1. The number of benzene rings is 1. The molecule has 15 heavy (non-hydrogen) atoms. The van der Waals surface area contributed by atoms with Crippen molar-refractivity contribution >= 4 is 6.29 Å². The number of carbonyl (C=O) groups is 1. The maximum atomic E-state index is 13.0. The fourth-order valence-corrected chi connectivity index (χ4v) is 1.09. The maximum Gasteiger partial charge on any atom is 0.184 e. The molecule has 1 atom stereocenters. The topological polar surface area (TPSA) is 50.1 Å². The highest BCUT2D eigenvalue weighted by Gasteiger charge is 2.07. The van der Waals surface area contributed by atoms with Crippen molar-refractivity contribution in [2.75, 3.05) is 0 Å². The van der Waals surface area contributed by atoms with Crippen LogP contribution < -0.4 is 4.74 Å². The van der Waals surface area contributed by atoms with E-state index in [9.17, 15) is 9.18 Å². The van der Waals surface area contributed by atoms with Gasteiger partial charge in [0, 0.05) is 11.6 Å². The van der Waals surface area contributed by atoms with Crippen molar-refractivity contribution in [2.45, 2.75) is 19.4 Å². The number of nitrogens with zero attached hydrogens (tertiary/aromatic N) is 1. The number of hydrogen-bond donors (Lipinski definition) is 0. The lowest BCUT2D eigenvalue weighted by atomic mass is 10.2. The SMILES string of the molecule is CCC(C#N)Oc1cc(F)cc(C=O)c1. The predicted molar refractivity (Wildman–Crippen MR) is 52.1 cm³/mol. The van der Waals surface area contributed by atoms with Crippen LogP contribution in [0.25, 0.3) is 0 Å². The van der Waals surface area contributed by atoms with Gasteiger partial charge >= 0.3 is 0 Å². The molecule has 0 spiro atoms. The molecule has 0 saturated heterocycles. The second kappa shape index (κ2) is 5.11. The zero-order valence-corrected chi connectivity index (χ0v) is 8.24. The van der Waals surface area contributed by atoms with Gasteiger partial charge in [0.05, 0.1) is 0 Å². The van der Waals surface area contributed by atoms with E-state index in [1.807, 2.05) is 6.07 Å². The Morgan fingerprint density at radius 1 is 1.60 bits per heavy atom. The van der Waals surface area contributed by atoms with Crippen LogP contribution in [0.3, 0.4) is 0 Å². The number of aldehydes is 1. The van der Waals surface area contributed by atoms with Gasteiger partial charge in [-0.3, -0.25) is 4.79 Å². The summed E-state index contributed by atoms with van der Waals surface area (Å²) in [6.07, 6.45) is 0.415. The van der Waals surface area contributed by atoms with Crippen LogP contribution in [-0.2, 0) is 0 Å². The molecule has 0 amide bonds. The highest BCUT2D eigenvalue weighted by atomic mass is 19.1. The zero-order valence-electron chi connectivity index (χ0n) is 8.24. The average Bonchev–Trinajstić information content (AvgIpc) is 2.25. The summed E-state index contributed by atoms with van der Waals surface area (Å²) < 4.78 is 18.1. The van der Waals surface area contributed by atoms with E-state index in [1.165, 1.54) is 6.07 Å². The average molecular weight is 207 g/mol. The minimum absolute atomic E-state index is 0.192. The fourth-order valence-electron chi connectivity index (χ4n) is 1.09. The standard InChI is InChI=1S/C11H10FNO2/c1-2-10(6-13)15-11-4-8(7-14)3-9(12)5-11/h3-5,7,10H,2H2,1H3. The Morgan fingerprint density at radius 3 is 2.87 bits per heavy atom. The second-order valence-electron chi connectivity index (χ2n) is 2.98. The van der Waals surface area contributed by atoms with E-state index >= 15 is 0 Å². The second-order valence-corrected chi connectivity index (χ2v) is 2.98. The zero-order chi connectivity index (χ0) is 11.3. The van der Waals surface area contributed by atoms with E-state index in [1.54, 1.807) is 6.92 Å². The first-order valence-corrected chi connectivity index (χ1v) is 4.51. The summed E-state index contributed by atoms with van der Waals surface area (Å²) in [5.74, 6) is -0.354. The van der Waals surface area contributed by atoms with E-state index < -0.39 is 11.9 Å². The molecule has 78 valence electrons. The molecule has 0 aliphatic carbocycles. The van der Waals surface area contributed by atoms with Gasteiger partial charge in [0.1, 0.15) is 23.9 Å². The van der Waals surface area contributed by atoms with Gasteiger partial charge in [-0.2, -0.15) is 5.26 Å². The van der Waals surface area contributed by atoms with E-state index in [0.717, 1.165) is 12.1 Å².